The molecule has 0 spiro atoms. The monoisotopic (exact) mass is 351 g/mol. The normalized spacial score (nSPS) is 24.9. The maximum Gasteiger partial charge on any atom is 0.346 e. The maximum atomic E-state index is 6.25. The van der Waals surface area contributed by atoms with Crippen LogP contribution in [-0.2, 0) is 0 Å². The Labute approximate surface area is 157 Å². The summed E-state index contributed by atoms with van der Waals surface area (Å²) in [5.74, 6) is 0. The second-order valence-electron chi connectivity index (χ2n) is 9.49. The van der Waals surface area contributed by atoms with E-state index >= 15 is 0 Å². The summed E-state index contributed by atoms with van der Waals surface area (Å²) >= 11 is 0. The fourth-order valence-corrected chi connectivity index (χ4v) is 5.29. The minimum atomic E-state index is 0.102. The minimum Gasteiger partial charge on any atom is -0.450 e. The molecule has 0 unspecified atom stereocenters. The Morgan fingerprint density at radius 1 is 1.19 bits per heavy atom. The molecule has 0 aromatic carbocycles. The van der Waals surface area contributed by atoms with Gasteiger partial charge in [0.15, 0.2) is 0 Å². The van der Waals surface area contributed by atoms with Gasteiger partial charge in [-0.25, -0.2) is 9.99 Å². The number of aryl methyl sites for hydroxylation is 1. The second kappa shape index (κ2) is 5.38. The Hall–Kier alpha value is -1.75. The van der Waals surface area contributed by atoms with Crippen molar-refractivity contribution in [2.24, 2.45) is 5.41 Å². The lowest BCUT2D eigenvalue weighted by Gasteiger charge is -2.48. The molecule has 4 nitrogen and oxygen atoms in total. The van der Waals surface area contributed by atoms with Crippen LogP contribution in [0.2, 0.25) is 6.82 Å². The van der Waals surface area contributed by atoms with E-state index in [-0.39, 0.29) is 17.8 Å². The van der Waals surface area contributed by atoms with Crippen molar-refractivity contribution in [2.45, 2.75) is 73.3 Å². The van der Waals surface area contributed by atoms with Crippen molar-refractivity contribution in [3.8, 4) is 0 Å². The molecule has 2 aliphatic rings. The van der Waals surface area contributed by atoms with E-state index in [0.29, 0.717) is 6.04 Å². The fraction of sp³-hybridized carbons (Fsp3) is 0.571. The summed E-state index contributed by atoms with van der Waals surface area (Å²) in [5.41, 5.74) is 5.60. The number of pyridine rings is 1. The summed E-state index contributed by atoms with van der Waals surface area (Å²) in [6, 6.07) is 4.65. The van der Waals surface area contributed by atoms with Gasteiger partial charge in [0.1, 0.15) is 5.66 Å². The van der Waals surface area contributed by atoms with Crippen LogP contribution in [0.25, 0.3) is 17.2 Å². The molecule has 2 aromatic rings. The van der Waals surface area contributed by atoms with Gasteiger partial charge in [-0.3, -0.25) is 0 Å². The van der Waals surface area contributed by atoms with Crippen LogP contribution in [0.1, 0.15) is 59.2 Å². The van der Waals surface area contributed by atoms with Crippen molar-refractivity contribution in [2.75, 3.05) is 0 Å². The molecule has 0 bridgehead atoms. The predicted molar refractivity (Wildman–Crippen MR) is 109 cm³/mol. The van der Waals surface area contributed by atoms with Gasteiger partial charge in [0, 0.05) is 33.9 Å². The first-order valence-corrected chi connectivity index (χ1v) is 9.70. The van der Waals surface area contributed by atoms with Gasteiger partial charge in [-0.15, -0.1) is 0 Å². The van der Waals surface area contributed by atoms with Gasteiger partial charge in [-0.1, -0.05) is 20.7 Å². The van der Waals surface area contributed by atoms with Crippen molar-refractivity contribution >= 4 is 29.7 Å². The minimum absolute atomic E-state index is 0.102. The van der Waals surface area contributed by atoms with Gasteiger partial charge < -0.3 is 9.34 Å². The number of nitrogens with zero attached hydrogens (tertiary/aromatic N) is 3. The zero-order valence-corrected chi connectivity index (χ0v) is 17.3. The molecule has 5 heteroatoms. The van der Waals surface area contributed by atoms with Gasteiger partial charge in [-0.05, 0) is 64.7 Å². The van der Waals surface area contributed by atoms with E-state index in [1.165, 1.54) is 17.7 Å². The maximum absolute atomic E-state index is 6.25. The largest absolute Gasteiger partial charge is 0.450 e. The van der Waals surface area contributed by atoms with E-state index in [0.717, 1.165) is 22.5 Å². The predicted octanol–water partition coefficient (Wildman–Crippen LogP) is 4.45. The third-order valence-corrected chi connectivity index (χ3v) is 6.46. The van der Waals surface area contributed by atoms with Crippen LogP contribution in [0, 0.1) is 12.3 Å². The van der Waals surface area contributed by atoms with Gasteiger partial charge in [0.25, 0.3) is 0 Å². The highest BCUT2D eigenvalue weighted by Crippen LogP contribution is 2.48. The number of fused-ring (bicyclic) bond motifs is 3. The molecule has 0 radical (unpaired) electrons. The molecule has 1 saturated heterocycles. The molecule has 0 aliphatic carbocycles. The first-order valence-electron chi connectivity index (χ1n) is 9.70. The Bertz CT molecular complexity index is 911. The van der Waals surface area contributed by atoms with Crippen molar-refractivity contribution in [3.63, 3.8) is 0 Å². The molecule has 1 atom stereocenters. The molecule has 0 amide bonds. The number of hydrazine groups is 1. The summed E-state index contributed by atoms with van der Waals surface area (Å²) in [6.07, 6.45) is 3.44. The van der Waals surface area contributed by atoms with Crippen LogP contribution in [0.5, 0.6) is 0 Å². The van der Waals surface area contributed by atoms with Crippen LogP contribution < -0.4 is 5.66 Å². The lowest BCUT2D eigenvalue weighted by atomic mass is 9.58. The highest BCUT2D eigenvalue weighted by Gasteiger charge is 2.53. The second-order valence-corrected chi connectivity index (χ2v) is 9.49. The standard InChI is InChI=1S/C21H30BN3O/c1-13-9-10-16-17-11-14(2)25(22(8)18(17)26-19(16)23-13)24-15(3)20(4,5)12-21(24,6)7/h9-11,15H,12H2,1-8H3/t15-/m0/s1. The van der Waals surface area contributed by atoms with E-state index in [1.54, 1.807) is 0 Å². The van der Waals surface area contributed by atoms with Gasteiger partial charge in [0.05, 0.1) is 0 Å². The smallest absolute Gasteiger partial charge is 0.346 e. The Morgan fingerprint density at radius 3 is 2.50 bits per heavy atom. The molecule has 4 rings (SSSR count). The summed E-state index contributed by atoms with van der Waals surface area (Å²) in [6.45, 7) is 18.5. The van der Waals surface area contributed by atoms with Crippen molar-refractivity contribution in [1.29, 1.82) is 0 Å². The first kappa shape index (κ1) is 17.7. The highest BCUT2D eigenvalue weighted by molar-refractivity contribution is 6.70. The molecule has 2 aromatic heterocycles. The molecule has 0 N–H and O–H groups in total. The summed E-state index contributed by atoms with van der Waals surface area (Å²) in [4.78, 5) is 7.06. The number of hydrogen-bond donors (Lipinski definition) is 0. The summed E-state index contributed by atoms with van der Waals surface area (Å²) in [7, 11) is 0. The lowest BCUT2D eigenvalue weighted by molar-refractivity contribution is -0.0180. The van der Waals surface area contributed by atoms with Gasteiger partial charge in [0.2, 0.25) is 5.71 Å². The van der Waals surface area contributed by atoms with Crippen LogP contribution >= 0.6 is 0 Å². The molecule has 138 valence electrons. The Balaban J connectivity index is 1.84. The molecule has 1 fully saturated rings. The van der Waals surface area contributed by atoms with Crippen molar-refractivity contribution in [3.05, 3.63) is 29.1 Å². The molecule has 4 heterocycles. The van der Waals surface area contributed by atoms with Crippen LogP contribution in [0.4, 0.5) is 0 Å². The lowest BCUT2D eigenvalue weighted by Crippen LogP contribution is -2.62. The van der Waals surface area contributed by atoms with Gasteiger partial charge in [-0.2, -0.15) is 0 Å². The average Bonchev–Trinajstić information content (AvgIpc) is 2.94. The molecule has 2 aliphatic heterocycles. The third kappa shape index (κ3) is 2.36. The molecule has 0 saturated carbocycles. The van der Waals surface area contributed by atoms with Crippen LogP contribution in [0.15, 0.2) is 22.2 Å². The summed E-state index contributed by atoms with van der Waals surface area (Å²) < 4.78 is 6.25. The fourth-order valence-electron chi connectivity index (χ4n) is 5.29. The van der Waals surface area contributed by atoms with E-state index in [1.807, 2.05) is 6.92 Å². The number of aromatic nitrogens is 1. The molecular weight excluding hydrogens is 321 g/mol. The Kier molecular flexibility index (Phi) is 3.66. The quantitative estimate of drug-likeness (QED) is 0.711. The number of hydrogen-bond acceptors (Lipinski definition) is 4. The number of furan rings is 1. The van der Waals surface area contributed by atoms with Crippen molar-refractivity contribution < 1.29 is 4.42 Å². The summed E-state index contributed by atoms with van der Waals surface area (Å²) in [5, 5.41) is 3.70. The topological polar surface area (TPSA) is 32.5 Å². The third-order valence-electron chi connectivity index (χ3n) is 6.46. The average molecular weight is 351 g/mol. The van der Waals surface area contributed by atoms with E-state index in [4.69, 9.17) is 4.42 Å². The molecular formula is C21H30BN3O. The van der Waals surface area contributed by atoms with Crippen molar-refractivity contribution in [1.82, 2.24) is 14.9 Å². The zero-order chi connectivity index (χ0) is 19.0. The van der Waals surface area contributed by atoms with E-state index in [2.05, 4.69) is 81.5 Å². The van der Waals surface area contributed by atoms with Crippen LogP contribution in [0.3, 0.4) is 0 Å². The van der Waals surface area contributed by atoms with Gasteiger partial charge >= 0.3 is 6.85 Å². The van der Waals surface area contributed by atoms with Crippen LogP contribution in [-0.4, -0.2) is 33.3 Å². The highest BCUT2D eigenvalue weighted by atomic mass is 16.3. The SMILES string of the molecule is CB1c2oc3nc(C)ccc3c2C=C(C)N1N1[C@@H](C)C(C)(C)CC1(C)C. The Morgan fingerprint density at radius 2 is 1.88 bits per heavy atom. The molecule has 26 heavy (non-hydrogen) atoms. The van der Waals surface area contributed by atoms with E-state index in [9.17, 15) is 0 Å². The number of rotatable bonds is 1. The zero-order valence-electron chi connectivity index (χ0n) is 17.3. The first-order chi connectivity index (χ1) is 12.0. The van der Waals surface area contributed by atoms with E-state index < -0.39 is 0 Å². The number of allylic oxidation sites excluding steroid dienone is 1.